The topological polar surface area (TPSA) is 168 Å². The summed E-state index contributed by atoms with van der Waals surface area (Å²) < 4.78 is 30.3. The van der Waals surface area contributed by atoms with Gasteiger partial charge in [-0.05, 0) is 26.2 Å². The first-order valence-corrected chi connectivity index (χ1v) is 7.78. The Morgan fingerprint density at radius 1 is 1.17 bits per heavy atom. The maximum atomic E-state index is 11.7. The molecule has 0 unspecified atom stereocenters. The van der Waals surface area contributed by atoms with Gasteiger partial charge in [0.15, 0.2) is 0 Å². The molecule has 0 atom stereocenters. The van der Waals surface area contributed by atoms with Crippen molar-refractivity contribution in [1.29, 1.82) is 0 Å². The molecule has 0 heterocycles. The number of carboxylic acids is 2. The van der Waals surface area contributed by atoms with E-state index in [1.165, 1.54) is 13.8 Å². The molecule has 12 heteroatoms. The van der Waals surface area contributed by atoms with Crippen LogP contribution in [0.25, 0.3) is 0 Å². The monoisotopic (exact) mass is 362 g/mol. The molecule has 0 aliphatic heterocycles. The van der Waals surface area contributed by atoms with Gasteiger partial charge in [0.1, 0.15) is 0 Å². The van der Waals surface area contributed by atoms with E-state index in [1.807, 2.05) is 0 Å². The Morgan fingerprint density at radius 2 is 1.61 bits per heavy atom. The smallest absolute Gasteiger partial charge is 0.862 e. The maximum absolute atomic E-state index is 11.7. The van der Waals surface area contributed by atoms with Gasteiger partial charge in [0.25, 0.3) is 10.1 Å². The molecule has 0 amide bonds. The van der Waals surface area contributed by atoms with Gasteiger partial charge in [0.2, 0.25) is 0 Å². The fourth-order valence-electron chi connectivity index (χ4n) is 1.72. The van der Waals surface area contributed by atoms with Crippen LogP contribution in [0.2, 0.25) is 0 Å². The Labute approximate surface area is 156 Å². The van der Waals surface area contributed by atoms with E-state index in [2.05, 4.69) is 4.99 Å². The zero-order valence-corrected chi connectivity index (χ0v) is 16.0. The summed E-state index contributed by atoms with van der Waals surface area (Å²) in [7, 11) is -4.30. The molecule has 0 aromatic heterocycles. The molecule has 0 aromatic rings. The molecule has 0 rings (SSSR count). The number of carboxylic acid groups (broad SMARTS) is 2. The van der Waals surface area contributed by atoms with Crippen molar-refractivity contribution in [2.24, 2.45) is 4.99 Å². The molecule has 10 nitrogen and oxygen atoms in total. The minimum absolute atomic E-state index is 0. The fraction of sp³-hybridized carbons (Fsp3) is 0.727. The van der Waals surface area contributed by atoms with E-state index in [9.17, 15) is 23.1 Å². The summed E-state index contributed by atoms with van der Waals surface area (Å²) in [5, 5.41) is 28.9. The third-order valence-electron chi connectivity index (χ3n) is 2.32. The Balaban J connectivity index is 0. The van der Waals surface area contributed by atoms with Crippen molar-refractivity contribution in [2.75, 3.05) is 25.4 Å². The van der Waals surface area contributed by atoms with Gasteiger partial charge in [0.05, 0.1) is 24.4 Å². The molecule has 0 saturated heterocycles. The number of aliphatic carboxylic acids is 2. The number of rotatable bonds is 10. The van der Waals surface area contributed by atoms with E-state index in [4.69, 9.17) is 14.8 Å². The van der Waals surface area contributed by atoms with E-state index in [0.29, 0.717) is 0 Å². The average molecular weight is 362 g/mol. The Bertz CT molecular complexity index is 530. The van der Waals surface area contributed by atoms with Crippen LogP contribution >= 0.6 is 0 Å². The number of carbonyl (C=O) groups is 2. The molecule has 3 N–H and O–H groups in total. The van der Waals surface area contributed by atoms with E-state index < -0.39 is 52.3 Å². The molecule has 0 bridgehead atoms. The second-order valence-electron chi connectivity index (χ2n) is 5.29. The Morgan fingerprint density at radius 3 is 1.96 bits per heavy atom. The van der Waals surface area contributed by atoms with Gasteiger partial charge in [-0.25, -0.2) is 0 Å². The van der Waals surface area contributed by atoms with Crippen molar-refractivity contribution < 1.29 is 67.4 Å². The van der Waals surface area contributed by atoms with Crippen molar-refractivity contribution >= 4 is 28.0 Å². The van der Waals surface area contributed by atoms with Crippen LogP contribution in [0, 0.1) is 0 Å². The predicted molar refractivity (Wildman–Crippen MR) is 74.3 cm³/mol. The van der Waals surface area contributed by atoms with Gasteiger partial charge in [-0.1, -0.05) is 0 Å². The number of hydrogen-bond acceptors (Lipinski definition) is 7. The predicted octanol–water partition coefficient (Wildman–Crippen LogP) is -4.72. The summed E-state index contributed by atoms with van der Waals surface area (Å²) in [6.07, 6.45) is -0.268. The van der Waals surface area contributed by atoms with E-state index in [-0.39, 0.29) is 42.5 Å². The summed E-state index contributed by atoms with van der Waals surface area (Å²) in [4.78, 5) is 25.8. The van der Waals surface area contributed by atoms with Crippen molar-refractivity contribution in [3.05, 3.63) is 0 Å². The number of hydrogen-bond donors (Lipinski definition) is 3. The Kier molecular flexibility index (Phi) is 10.9. The summed E-state index contributed by atoms with van der Waals surface area (Å²) >= 11 is 0. The molecule has 23 heavy (non-hydrogen) atoms. The Hall–Kier alpha value is -0.720. The second kappa shape index (κ2) is 10.2. The maximum Gasteiger partial charge on any atom is 1.00 e. The van der Waals surface area contributed by atoms with E-state index in [0.717, 1.165) is 4.90 Å². The van der Waals surface area contributed by atoms with E-state index >= 15 is 0 Å². The average Bonchev–Trinajstić information content (AvgIpc) is 2.19. The van der Waals surface area contributed by atoms with Crippen LogP contribution in [0.4, 0.5) is 0 Å². The largest absolute Gasteiger partial charge is 1.00 e. The van der Waals surface area contributed by atoms with Gasteiger partial charge < -0.3 is 15.3 Å². The zero-order valence-electron chi connectivity index (χ0n) is 13.2. The molecule has 0 aliphatic carbocycles. The quantitative estimate of drug-likeness (QED) is 0.150. The first-order valence-electron chi connectivity index (χ1n) is 6.17. The summed E-state index contributed by atoms with van der Waals surface area (Å²) in [6, 6.07) is 0. The third-order valence-corrected chi connectivity index (χ3v) is 3.39. The molecule has 0 radical (unpaired) electrons. The van der Waals surface area contributed by atoms with E-state index in [1.54, 1.807) is 0 Å². The van der Waals surface area contributed by atoms with Gasteiger partial charge in [-0.2, -0.15) is 8.42 Å². The minimum atomic E-state index is -4.30. The second-order valence-corrected chi connectivity index (χ2v) is 6.74. The molecule has 0 fully saturated rings. The molecule has 0 saturated carbocycles. The van der Waals surface area contributed by atoms with Crippen LogP contribution in [0.15, 0.2) is 4.99 Å². The molecule has 128 valence electrons. The molecular formula is C11H19N2NaO8S. The van der Waals surface area contributed by atoms with Crippen molar-refractivity contribution in [3.63, 3.8) is 0 Å². The van der Waals surface area contributed by atoms with Crippen LogP contribution in [0.3, 0.4) is 0 Å². The third kappa shape index (κ3) is 14.6. The van der Waals surface area contributed by atoms with Crippen molar-refractivity contribution in [2.45, 2.75) is 25.8 Å². The van der Waals surface area contributed by atoms with Gasteiger partial charge >= 0.3 is 41.5 Å². The van der Waals surface area contributed by atoms with Gasteiger partial charge in [0, 0.05) is 6.54 Å². The SMILES string of the molecule is CC(C)(CS(=O)(=O)O)N=C([O-])CCN(CC(=O)O)CC(=O)O.[Na+]. The number of nitrogens with zero attached hydrogens (tertiary/aromatic N) is 2. The van der Waals surface area contributed by atoms with Crippen molar-refractivity contribution in [3.8, 4) is 0 Å². The fourth-order valence-corrected chi connectivity index (χ4v) is 2.68. The molecule has 0 aliphatic rings. The van der Waals surface area contributed by atoms with Crippen LogP contribution in [0.1, 0.15) is 20.3 Å². The molecule has 0 spiro atoms. The van der Waals surface area contributed by atoms with Crippen LogP contribution < -0.4 is 34.7 Å². The normalized spacial score (nSPS) is 12.8. The summed E-state index contributed by atoms with van der Waals surface area (Å²) in [5.74, 6) is -3.93. The van der Waals surface area contributed by atoms with Gasteiger partial charge in [-0.15, -0.1) is 0 Å². The van der Waals surface area contributed by atoms with Crippen molar-refractivity contribution in [1.82, 2.24) is 4.90 Å². The first-order chi connectivity index (χ1) is 9.81. The molecule has 0 aromatic carbocycles. The van der Waals surface area contributed by atoms with Crippen LogP contribution in [-0.2, 0) is 19.7 Å². The summed E-state index contributed by atoms with van der Waals surface area (Å²) in [5.41, 5.74) is -1.34. The van der Waals surface area contributed by atoms with Gasteiger partial charge in [-0.3, -0.25) is 24.0 Å². The minimum Gasteiger partial charge on any atom is -0.862 e. The van der Waals surface area contributed by atoms with Crippen LogP contribution in [-0.4, -0.2) is 76.8 Å². The molecular weight excluding hydrogens is 343 g/mol. The first kappa shape index (κ1) is 24.5. The summed E-state index contributed by atoms with van der Waals surface area (Å²) in [6.45, 7) is 1.43. The standard InChI is InChI=1S/C11H20N2O8S.Na/c1-11(2,7-22(19,20)21)12-8(14)3-4-13(5-9(15)16)6-10(17)18;/h3-7H2,1-2H3,(H,12,14)(H,15,16)(H,17,18)(H,19,20,21);/q;+1/p-1. The number of aliphatic imine (C=N–C) groups is 1. The van der Waals surface area contributed by atoms with Crippen LogP contribution in [0.5, 0.6) is 0 Å². The zero-order chi connectivity index (χ0) is 17.6.